The molecule has 0 aromatic rings. The summed E-state index contributed by atoms with van der Waals surface area (Å²) >= 11 is 0. The first kappa shape index (κ1) is 17.0. The lowest BCUT2D eigenvalue weighted by molar-refractivity contribution is 0.107. The molecule has 0 saturated heterocycles. The Balaban J connectivity index is 2.43. The van der Waals surface area contributed by atoms with Crippen molar-refractivity contribution >= 4 is 0 Å². The lowest BCUT2D eigenvalue weighted by Gasteiger charge is -2.40. The van der Waals surface area contributed by atoms with Gasteiger partial charge in [0.2, 0.25) is 0 Å². The summed E-state index contributed by atoms with van der Waals surface area (Å²) in [5, 5.41) is 0. The van der Waals surface area contributed by atoms with Crippen LogP contribution in [-0.2, 0) is 0 Å². The van der Waals surface area contributed by atoms with E-state index in [1.54, 1.807) is 0 Å². The number of nitrogens with zero attached hydrogens (tertiary/aromatic N) is 1. The van der Waals surface area contributed by atoms with E-state index in [0.717, 1.165) is 12.6 Å². The van der Waals surface area contributed by atoms with Gasteiger partial charge in [-0.25, -0.2) is 0 Å². The van der Waals surface area contributed by atoms with Crippen LogP contribution in [-0.4, -0.2) is 31.1 Å². The highest BCUT2D eigenvalue weighted by molar-refractivity contribution is 4.84. The second-order valence-corrected chi connectivity index (χ2v) is 8.70. The van der Waals surface area contributed by atoms with Crippen molar-refractivity contribution < 1.29 is 0 Å². The monoisotopic (exact) mass is 268 g/mol. The van der Waals surface area contributed by atoms with Gasteiger partial charge in [-0.15, -0.1) is 0 Å². The summed E-state index contributed by atoms with van der Waals surface area (Å²) in [7, 11) is 2.30. The SMILES string of the molecule is CN(CC(CN)CC(C)(C)C)C1CCC(C)(C)CC1. The summed E-state index contributed by atoms with van der Waals surface area (Å²) in [5.41, 5.74) is 6.93. The summed E-state index contributed by atoms with van der Waals surface area (Å²) in [6.45, 7) is 13.8. The highest BCUT2D eigenvalue weighted by atomic mass is 15.1. The van der Waals surface area contributed by atoms with Crippen molar-refractivity contribution in [2.45, 2.75) is 72.8 Å². The molecule has 19 heavy (non-hydrogen) atoms. The minimum atomic E-state index is 0.388. The molecule has 0 radical (unpaired) electrons. The molecule has 1 unspecified atom stereocenters. The number of hydrogen-bond acceptors (Lipinski definition) is 2. The van der Waals surface area contributed by atoms with Crippen LogP contribution >= 0.6 is 0 Å². The van der Waals surface area contributed by atoms with Crippen LogP contribution in [0.5, 0.6) is 0 Å². The van der Waals surface area contributed by atoms with Crippen molar-refractivity contribution in [1.82, 2.24) is 4.90 Å². The first-order valence-corrected chi connectivity index (χ1v) is 8.03. The number of nitrogens with two attached hydrogens (primary N) is 1. The van der Waals surface area contributed by atoms with Crippen LogP contribution in [0.4, 0.5) is 0 Å². The zero-order valence-corrected chi connectivity index (χ0v) is 14.1. The Hall–Kier alpha value is -0.0800. The molecule has 0 heterocycles. The maximum Gasteiger partial charge on any atom is 0.00927 e. The van der Waals surface area contributed by atoms with Crippen molar-refractivity contribution in [2.75, 3.05) is 20.1 Å². The molecule has 1 atom stereocenters. The van der Waals surface area contributed by atoms with E-state index in [9.17, 15) is 0 Å². The maximum absolute atomic E-state index is 5.97. The molecule has 0 amide bonds. The first-order valence-electron chi connectivity index (χ1n) is 8.03. The summed E-state index contributed by atoms with van der Waals surface area (Å²) < 4.78 is 0. The van der Waals surface area contributed by atoms with E-state index < -0.39 is 0 Å². The second kappa shape index (κ2) is 6.58. The van der Waals surface area contributed by atoms with Crippen LogP contribution < -0.4 is 5.73 Å². The molecule has 2 nitrogen and oxygen atoms in total. The fourth-order valence-corrected chi connectivity index (χ4v) is 3.47. The Labute approximate surface area is 121 Å². The average molecular weight is 268 g/mol. The highest BCUT2D eigenvalue weighted by Gasteiger charge is 2.29. The fourth-order valence-electron chi connectivity index (χ4n) is 3.47. The van der Waals surface area contributed by atoms with E-state index in [1.807, 2.05) is 0 Å². The van der Waals surface area contributed by atoms with Crippen LogP contribution in [0.3, 0.4) is 0 Å². The summed E-state index contributed by atoms with van der Waals surface area (Å²) in [4.78, 5) is 2.58. The molecular formula is C17H36N2. The predicted molar refractivity (Wildman–Crippen MR) is 85.3 cm³/mol. The minimum Gasteiger partial charge on any atom is -0.330 e. The molecule has 0 bridgehead atoms. The molecule has 1 fully saturated rings. The van der Waals surface area contributed by atoms with Crippen LogP contribution in [0.1, 0.15) is 66.7 Å². The van der Waals surface area contributed by atoms with E-state index in [4.69, 9.17) is 5.73 Å². The van der Waals surface area contributed by atoms with E-state index in [-0.39, 0.29) is 0 Å². The quantitative estimate of drug-likeness (QED) is 0.819. The third-order valence-corrected chi connectivity index (χ3v) is 4.71. The average Bonchev–Trinajstić information content (AvgIpc) is 2.26. The van der Waals surface area contributed by atoms with Gasteiger partial charge in [-0.2, -0.15) is 0 Å². The highest BCUT2D eigenvalue weighted by Crippen LogP contribution is 2.37. The van der Waals surface area contributed by atoms with Crippen LogP contribution in [0, 0.1) is 16.7 Å². The Bertz CT molecular complexity index is 255. The van der Waals surface area contributed by atoms with Crippen molar-refractivity contribution in [3.63, 3.8) is 0 Å². The molecular weight excluding hydrogens is 232 g/mol. The van der Waals surface area contributed by atoms with Crippen LogP contribution in [0.25, 0.3) is 0 Å². The molecule has 0 aliphatic heterocycles. The van der Waals surface area contributed by atoms with Gasteiger partial charge in [-0.05, 0) is 62.4 Å². The van der Waals surface area contributed by atoms with Gasteiger partial charge in [0.15, 0.2) is 0 Å². The van der Waals surface area contributed by atoms with Gasteiger partial charge in [0.25, 0.3) is 0 Å². The molecule has 1 rings (SSSR count). The lowest BCUT2D eigenvalue weighted by atomic mass is 9.75. The second-order valence-electron chi connectivity index (χ2n) is 8.70. The molecule has 0 aromatic carbocycles. The van der Waals surface area contributed by atoms with Crippen LogP contribution in [0.2, 0.25) is 0 Å². The van der Waals surface area contributed by atoms with Crippen LogP contribution in [0.15, 0.2) is 0 Å². The van der Waals surface area contributed by atoms with Gasteiger partial charge in [-0.3, -0.25) is 0 Å². The normalized spacial score (nSPS) is 22.7. The molecule has 0 aromatic heterocycles. The van der Waals surface area contributed by atoms with Crippen molar-refractivity contribution in [1.29, 1.82) is 0 Å². The largest absolute Gasteiger partial charge is 0.330 e. The summed E-state index contributed by atoms with van der Waals surface area (Å²) in [6.07, 6.45) is 6.68. The first-order chi connectivity index (χ1) is 8.63. The van der Waals surface area contributed by atoms with Gasteiger partial charge < -0.3 is 10.6 Å². The topological polar surface area (TPSA) is 29.3 Å². The van der Waals surface area contributed by atoms with Gasteiger partial charge in [-0.1, -0.05) is 34.6 Å². The molecule has 2 N–H and O–H groups in total. The molecule has 0 spiro atoms. The van der Waals surface area contributed by atoms with E-state index >= 15 is 0 Å². The third kappa shape index (κ3) is 6.27. The molecule has 2 heteroatoms. The zero-order chi connectivity index (χ0) is 14.7. The van der Waals surface area contributed by atoms with Crippen molar-refractivity contribution in [3.8, 4) is 0 Å². The van der Waals surface area contributed by atoms with Gasteiger partial charge >= 0.3 is 0 Å². The standard InChI is InChI=1S/C17H36N2/c1-16(2,3)11-14(12-18)13-19(6)15-7-9-17(4,5)10-8-15/h14-15H,7-13,18H2,1-6H3. The molecule has 1 aliphatic rings. The van der Waals surface area contributed by atoms with Gasteiger partial charge in [0.1, 0.15) is 0 Å². The van der Waals surface area contributed by atoms with E-state index in [1.165, 1.54) is 38.6 Å². The summed E-state index contributed by atoms with van der Waals surface area (Å²) in [5.74, 6) is 0.639. The van der Waals surface area contributed by atoms with E-state index in [0.29, 0.717) is 16.7 Å². The molecule has 114 valence electrons. The number of rotatable bonds is 5. The lowest BCUT2D eigenvalue weighted by Crippen LogP contribution is -2.41. The van der Waals surface area contributed by atoms with Crippen molar-refractivity contribution in [3.05, 3.63) is 0 Å². The minimum absolute atomic E-state index is 0.388. The Kier molecular flexibility index (Phi) is 5.88. The maximum atomic E-state index is 5.97. The smallest absolute Gasteiger partial charge is 0.00927 e. The third-order valence-electron chi connectivity index (χ3n) is 4.71. The van der Waals surface area contributed by atoms with E-state index in [2.05, 4.69) is 46.6 Å². The predicted octanol–water partition coefficient (Wildman–Crippen LogP) is 3.90. The Morgan fingerprint density at radius 1 is 1.21 bits per heavy atom. The molecule has 1 saturated carbocycles. The zero-order valence-electron chi connectivity index (χ0n) is 14.1. The number of hydrogen-bond donors (Lipinski definition) is 1. The summed E-state index contributed by atoms with van der Waals surface area (Å²) in [6, 6.07) is 0.780. The van der Waals surface area contributed by atoms with Crippen molar-refractivity contribution in [2.24, 2.45) is 22.5 Å². The fraction of sp³-hybridized carbons (Fsp3) is 1.00. The van der Waals surface area contributed by atoms with Gasteiger partial charge in [0.05, 0.1) is 0 Å². The Morgan fingerprint density at radius 2 is 1.74 bits per heavy atom. The van der Waals surface area contributed by atoms with Gasteiger partial charge in [0, 0.05) is 12.6 Å². The Morgan fingerprint density at radius 3 is 2.16 bits per heavy atom. The molecule has 1 aliphatic carbocycles.